The van der Waals surface area contributed by atoms with Crippen LogP contribution in [-0.2, 0) is 4.79 Å². The minimum atomic E-state index is -0.0729. The van der Waals surface area contributed by atoms with E-state index in [-0.39, 0.29) is 12.5 Å². The Morgan fingerprint density at radius 1 is 1.21 bits per heavy atom. The molecule has 5 heteroatoms. The normalized spacial score (nSPS) is 17.2. The van der Waals surface area contributed by atoms with Gasteiger partial charge in [-0.2, -0.15) is 0 Å². The van der Waals surface area contributed by atoms with Crippen LogP contribution in [0.3, 0.4) is 0 Å². The number of amidine groups is 1. The quantitative estimate of drug-likeness (QED) is 0.853. The third-order valence-corrected chi connectivity index (χ3v) is 4.85. The zero-order valence-electron chi connectivity index (χ0n) is 14.8. The van der Waals surface area contributed by atoms with Gasteiger partial charge in [-0.15, -0.1) is 0 Å². The molecule has 1 aliphatic heterocycles. The Kier molecular flexibility index (Phi) is 4.97. The van der Waals surface area contributed by atoms with Gasteiger partial charge < -0.3 is 9.64 Å². The number of pyridine rings is 1. The van der Waals surface area contributed by atoms with Crippen molar-refractivity contribution in [2.75, 3.05) is 13.7 Å². The monoisotopic (exact) mass is 327 g/mol. The van der Waals surface area contributed by atoms with Crippen LogP contribution in [0.25, 0.3) is 0 Å². The number of carbonyl (C=O) groups is 1. The molecule has 2 aliphatic rings. The zero-order valence-corrected chi connectivity index (χ0v) is 14.8. The van der Waals surface area contributed by atoms with Crippen molar-refractivity contribution in [3.8, 4) is 5.75 Å². The van der Waals surface area contributed by atoms with E-state index in [0.29, 0.717) is 5.75 Å². The van der Waals surface area contributed by atoms with Crippen molar-refractivity contribution < 1.29 is 9.53 Å². The molecular formula is C19H25N3O2. The fraction of sp³-hybridized carbons (Fsp3) is 0.526. The second-order valence-corrected chi connectivity index (χ2v) is 6.57. The first kappa shape index (κ1) is 16.7. The molecule has 0 bridgehead atoms. The van der Waals surface area contributed by atoms with Crippen LogP contribution in [0.15, 0.2) is 28.5 Å². The number of hydrogen-bond acceptors (Lipinski definition) is 4. The summed E-state index contributed by atoms with van der Waals surface area (Å²) in [6.07, 6.45) is 8.32. The van der Waals surface area contributed by atoms with E-state index in [9.17, 15) is 4.79 Å². The van der Waals surface area contributed by atoms with E-state index >= 15 is 0 Å². The molecule has 0 spiro atoms. The molecule has 0 N–H and O–H groups in total. The fourth-order valence-electron chi connectivity index (χ4n) is 3.35. The summed E-state index contributed by atoms with van der Waals surface area (Å²) in [5.74, 6) is 1.49. The largest absolute Gasteiger partial charge is 0.482 e. The highest BCUT2D eigenvalue weighted by molar-refractivity contribution is 5.99. The summed E-state index contributed by atoms with van der Waals surface area (Å²) in [4.78, 5) is 23.1. The van der Waals surface area contributed by atoms with Crippen LogP contribution >= 0.6 is 0 Å². The zero-order chi connectivity index (χ0) is 17.1. The lowest BCUT2D eigenvalue weighted by Gasteiger charge is -2.27. The molecule has 5 nitrogen and oxygen atoms in total. The van der Waals surface area contributed by atoms with Gasteiger partial charge in [0.2, 0.25) is 0 Å². The van der Waals surface area contributed by atoms with Crippen LogP contribution in [0, 0.1) is 13.8 Å². The molecule has 0 atom stereocenters. The molecule has 1 aliphatic carbocycles. The van der Waals surface area contributed by atoms with E-state index < -0.39 is 0 Å². The van der Waals surface area contributed by atoms with Gasteiger partial charge in [-0.3, -0.25) is 9.78 Å². The Bertz CT molecular complexity index is 686. The van der Waals surface area contributed by atoms with Crippen molar-refractivity contribution in [3.63, 3.8) is 0 Å². The Hall–Kier alpha value is -2.17. The fourth-order valence-corrected chi connectivity index (χ4v) is 3.35. The lowest BCUT2D eigenvalue weighted by Crippen LogP contribution is -2.37. The SMILES string of the molecule is Cc1ccnc(C)c1OCC(=O)N(C)C1=NC2=C(CCCC2)CC1. The summed E-state index contributed by atoms with van der Waals surface area (Å²) in [5, 5.41) is 0. The number of amides is 1. The number of rotatable bonds is 3. The van der Waals surface area contributed by atoms with E-state index in [1.165, 1.54) is 30.5 Å². The van der Waals surface area contributed by atoms with Crippen LogP contribution < -0.4 is 4.74 Å². The van der Waals surface area contributed by atoms with Crippen LogP contribution in [0.4, 0.5) is 0 Å². The van der Waals surface area contributed by atoms with Crippen molar-refractivity contribution in [2.24, 2.45) is 4.99 Å². The molecule has 0 unspecified atom stereocenters. The molecule has 1 aromatic rings. The maximum absolute atomic E-state index is 12.5. The van der Waals surface area contributed by atoms with Crippen LogP contribution in [0.1, 0.15) is 49.8 Å². The summed E-state index contributed by atoms with van der Waals surface area (Å²) in [7, 11) is 1.79. The van der Waals surface area contributed by atoms with Gasteiger partial charge in [-0.25, -0.2) is 4.99 Å². The number of ether oxygens (including phenoxy) is 1. The molecule has 3 rings (SSSR count). The highest BCUT2D eigenvalue weighted by Gasteiger charge is 2.23. The molecule has 0 saturated carbocycles. The smallest absolute Gasteiger partial charge is 0.265 e. The second kappa shape index (κ2) is 7.16. The number of hydrogen-bond donors (Lipinski definition) is 0. The summed E-state index contributed by atoms with van der Waals surface area (Å²) < 4.78 is 5.73. The first-order chi connectivity index (χ1) is 11.6. The van der Waals surface area contributed by atoms with E-state index in [1.54, 1.807) is 18.1 Å². The van der Waals surface area contributed by atoms with Gasteiger partial charge in [0.15, 0.2) is 6.61 Å². The molecule has 1 aromatic heterocycles. The molecule has 1 amide bonds. The highest BCUT2D eigenvalue weighted by Crippen LogP contribution is 2.32. The minimum absolute atomic E-state index is 0.00873. The maximum Gasteiger partial charge on any atom is 0.265 e. The third kappa shape index (κ3) is 3.50. The lowest BCUT2D eigenvalue weighted by atomic mass is 9.91. The number of aryl methyl sites for hydroxylation is 2. The predicted molar refractivity (Wildman–Crippen MR) is 94.1 cm³/mol. The van der Waals surface area contributed by atoms with Crippen molar-refractivity contribution in [1.82, 2.24) is 9.88 Å². The van der Waals surface area contributed by atoms with Crippen LogP contribution in [0.5, 0.6) is 5.75 Å². The van der Waals surface area contributed by atoms with Crippen LogP contribution in [0.2, 0.25) is 0 Å². The lowest BCUT2D eigenvalue weighted by molar-refractivity contribution is -0.128. The molecule has 24 heavy (non-hydrogen) atoms. The van der Waals surface area contributed by atoms with Gasteiger partial charge in [-0.05, 0) is 63.2 Å². The van der Waals surface area contributed by atoms with Gasteiger partial charge in [-0.1, -0.05) is 0 Å². The number of nitrogens with zero attached hydrogens (tertiary/aromatic N) is 3. The summed E-state index contributed by atoms with van der Waals surface area (Å²) in [6.45, 7) is 3.86. The summed E-state index contributed by atoms with van der Waals surface area (Å²) in [5.41, 5.74) is 4.49. The van der Waals surface area contributed by atoms with E-state index in [0.717, 1.165) is 36.4 Å². The van der Waals surface area contributed by atoms with Gasteiger partial charge in [0.05, 0.1) is 5.69 Å². The summed E-state index contributed by atoms with van der Waals surface area (Å²) >= 11 is 0. The topological polar surface area (TPSA) is 54.8 Å². The number of carbonyl (C=O) groups excluding carboxylic acids is 1. The Morgan fingerprint density at radius 2 is 2.00 bits per heavy atom. The molecule has 0 fully saturated rings. The van der Waals surface area contributed by atoms with Crippen molar-refractivity contribution >= 4 is 11.7 Å². The average molecular weight is 327 g/mol. The molecule has 2 heterocycles. The Labute approximate surface area is 143 Å². The van der Waals surface area contributed by atoms with Crippen molar-refractivity contribution in [3.05, 3.63) is 34.8 Å². The molecule has 0 saturated heterocycles. The number of likely N-dealkylation sites (N-methyl/N-ethyl adjacent to an activating group) is 1. The van der Waals surface area contributed by atoms with Gasteiger partial charge in [0, 0.05) is 25.4 Å². The van der Waals surface area contributed by atoms with Crippen LogP contribution in [-0.4, -0.2) is 35.3 Å². The molecule has 0 aromatic carbocycles. The van der Waals surface area contributed by atoms with Gasteiger partial charge in [0.1, 0.15) is 11.6 Å². The predicted octanol–water partition coefficient (Wildman–Crippen LogP) is 3.56. The number of aromatic nitrogens is 1. The molecule has 0 radical (unpaired) electrons. The third-order valence-electron chi connectivity index (χ3n) is 4.85. The highest BCUT2D eigenvalue weighted by atomic mass is 16.5. The second-order valence-electron chi connectivity index (χ2n) is 6.57. The van der Waals surface area contributed by atoms with Crippen molar-refractivity contribution in [1.29, 1.82) is 0 Å². The Morgan fingerprint density at radius 3 is 2.79 bits per heavy atom. The Balaban J connectivity index is 1.65. The first-order valence-electron chi connectivity index (χ1n) is 8.66. The average Bonchev–Trinajstić information content (AvgIpc) is 2.60. The summed E-state index contributed by atoms with van der Waals surface area (Å²) in [6, 6.07) is 1.89. The number of allylic oxidation sites excluding steroid dienone is 2. The maximum atomic E-state index is 12.5. The first-order valence-corrected chi connectivity index (χ1v) is 8.66. The van der Waals surface area contributed by atoms with E-state index in [2.05, 4.69) is 4.98 Å². The van der Waals surface area contributed by atoms with Gasteiger partial charge in [0.25, 0.3) is 5.91 Å². The molecular weight excluding hydrogens is 302 g/mol. The number of aliphatic imine (C=N–C) groups is 1. The molecule has 128 valence electrons. The van der Waals surface area contributed by atoms with E-state index in [1.807, 2.05) is 19.9 Å². The standard InChI is InChI=1S/C19H25N3O2/c1-13-10-11-20-14(2)19(13)24-12-18(23)22(3)17-9-8-15-6-4-5-7-16(15)21-17/h10-11H,4-9,12H2,1-3H3. The van der Waals surface area contributed by atoms with Crippen molar-refractivity contribution in [2.45, 2.75) is 52.4 Å². The van der Waals surface area contributed by atoms with Gasteiger partial charge >= 0.3 is 0 Å². The minimum Gasteiger partial charge on any atom is -0.482 e. The van der Waals surface area contributed by atoms with E-state index in [4.69, 9.17) is 9.73 Å².